The first-order valence-electron chi connectivity index (χ1n) is 9.29. The van der Waals surface area contributed by atoms with Gasteiger partial charge in [-0.2, -0.15) is 0 Å². The number of halogens is 2. The molecule has 9 heteroatoms. The summed E-state index contributed by atoms with van der Waals surface area (Å²) in [6, 6.07) is 7.39. The van der Waals surface area contributed by atoms with Crippen LogP contribution in [0.3, 0.4) is 0 Å². The van der Waals surface area contributed by atoms with E-state index in [9.17, 15) is 28.3 Å². The summed E-state index contributed by atoms with van der Waals surface area (Å²) >= 11 is 0. The van der Waals surface area contributed by atoms with Gasteiger partial charge < -0.3 is 20.6 Å². The molecule has 158 valence electrons. The lowest BCUT2D eigenvalue weighted by atomic mass is 9.76. The average Bonchev–Trinajstić information content (AvgIpc) is 2.68. The molecule has 0 saturated heterocycles. The van der Waals surface area contributed by atoms with Gasteiger partial charge in [0.05, 0.1) is 11.1 Å². The summed E-state index contributed by atoms with van der Waals surface area (Å²) in [6.45, 7) is 0. The molecule has 0 heterocycles. The summed E-state index contributed by atoms with van der Waals surface area (Å²) in [5, 5.41) is 14.5. The zero-order chi connectivity index (χ0) is 22.1. The predicted octanol–water partition coefficient (Wildman–Crippen LogP) is 3.02. The lowest BCUT2D eigenvalue weighted by molar-refractivity contribution is -0.145. The Labute approximate surface area is 171 Å². The van der Waals surface area contributed by atoms with Crippen LogP contribution < -0.4 is 15.5 Å². The number of rotatable bonds is 6. The van der Waals surface area contributed by atoms with Crippen LogP contribution in [0.5, 0.6) is 0 Å². The number of carbonyl (C=O) groups excluding carboxylic acids is 2. The normalized spacial score (nSPS) is 14.4. The van der Waals surface area contributed by atoms with Gasteiger partial charge >= 0.3 is 5.97 Å². The molecular weight excluding hydrogens is 396 g/mol. The van der Waals surface area contributed by atoms with Gasteiger partial charge in [-0.25, -0.2) is 13.6 Å². The second kappa shape index (κ2) is 8.10. The molecule has 2 aromatic rings. The van der Waals surface area contributed by atoms with Crippen LogP contribution in [0.25, 0.3) is 0 Å². The summed E-state index contributed by atoms with van der Waals surface area (Å²) in [7, 11) is 2.73. The standard InChI is InChI=1S/C21H21F2N3O4/c1-24-18(27)14-7-5-13(11-17(14)23)26(2)19(28)15-6-4-12(10-16(15)22)25-21(20(29)30)8-3-9-21/h4-7,10-11,25H,3,8-9H2,1-2H3,(H,24,27)(H,29,30). The summed E-state index contributed by atoms with van der Waals surface area (Å²) < 4.78 is 28.8. The van der Waals surface area contributed by atoms with E-state index in [1.165, 1.54) is 38.4 Å². The first kappa shape index (κ1) is 21.2. The van der Waals surface area contributed by atoms with Gasteiger partial charge in [-0.1, -0.05) is 0 Å². The number of carboxylic acid groups (broad SMARTS) is 1. The van der Waals surface area contributed by atoms with Crippen molar-refractivity contribution in [2.75, 3.05) is 24.3 Å². The van der Waals surface area contributed by atoms with Crippen molar-refractivity contribution >= 4 is 29.2 Å². The number of hydrogen-bond acceptors (Lipinski definition) is 4. The number of benzene rings is 2. The number of amides is 2. The molecule has 0 atom stereocenters. The molecule has 30 heavy (non-hydrogen) atoms. The highest BCUT2D eigenvalue weighted by atomic mass is 19.1. The Hall–Kier alpha value is -3.49. The highest BCUT2D eigenvalue weighted by Gasteiger charge is 2.44. The van der Waals surface area contributed by atoms with Gasteiger partial charge in [0.25, 0.3) is 11.8 Å². The van der Waals surface area contributed by atoms with E-state index in [0.29, 0.717) is 12.8 Å². The minimum Gasteiger partial charge on any atom is -0.480 e. The number of carboxylic acids is 1. The summed E-state index contributed by atoms with van der Waals surface area (Å²) in [4.78, 5) is 36.8. The van der Waals surface area contributed by atoms with Crippen LogP contribution in [-0.2, 0) is 4.79 Å². The van der Waals surface area contributed by atoms with Crippen molar-refractivity contribution in [1.82, 2.24) is 5.32 Å². The van der Waals surface area contributed by atoms with Crippen LogP contribution in [0.2, 0.25) is 0 Å². The van der Waals surface area contributed by atoms with Gasteiger partial charge in [-0.3, -0.25) is 9.59 Å². The fourth-order valence-corrected chi connectivity index (χ4v) is 3.29. The van der Waals surface area contributed by atoms with Crippen LogP contribution in [0, 0.1) is 11.6 Å². The first-order valence-corrected chi connectivity index (χ1v) is 9.29. The Kier molecular flexibility index (Phi) is 5.73. The number of hydrogen-bond donors (Lipinski definition) is 3. The van der Waals surface area contributed by atoms with E-state index < -0.39 is 35.0 Å². The third-order valence-corrected chi connectivity index (χ3v) is 5.32. The maximum absolute atomic E-state index is 14.6. The molecule has 7 nitrogen and oxygen atoms in total. The van der Waals surface area contributed by atoms with Crippen LogP contribution in [0.4, 0.5) is 20.2 Å². The van der Waals surface area contributed by atoms with Crippen molar-refractivity contribution in [2.24, 2.45) is 0 Å². The van der Waals surface area contributed by atoms with Crippen LogP contribution in [-0.4, -0.2) is 42.5 Å². The van der Waals surface area contributed by atoms with Crippen molar-refractivity contribution in [3.8, 4) is 0 Å². The molecule has 1 fully saturated rings. The predicted molar refractivity (Wildman–Crippen MR) is 107 cm³/mol. The fourth-order valence-electron chi connectivity index (χ4n) is 3.29. The van der Waals surface area contributed by atoms with Gasteiger partial charge in [0, 0.05) is 25.5 Å². The first-order chi connectivity index (χ1) is 14.2. The van der Waals surface area contributed by atoms with E-state index in [0.717, 1.165) is 23.5 Å². The molecule has 1 saturated carbocycles. The van der Waals surface area contributed by atoms with Crippen molar-refractivity contribution in [1.29, 1.82) is 0 Å². The minimum absolute atomic E-state index is 0.144. The zero-order valence-corrected chi connectivity index (χ0v) is 16.5. The zero-order valence-electron chi connectivity index (χ0n) is 16.5. The quantitative estimate of drug-likeness (QED) is 0.671. The van der Waals surface area contributed by atoms with Gasteiger partial charge in [0.15, 0.2) is 0 Å². The number of carbonyl (C=O) groups is 3. The van der Waals surface area contributed by atoms with Crippen molar-refractivity contribution in [2.45, 2.75) is 24.8 Å². The number of anilines is 2. The topological polar surface area (TPSA) is 98.7 Å². The minimum atomic E-state index is -1.11. The molecule has 2 amide bonds. The molecule has 0 aromatic heterocycles. The van der Waals surface area contributed by atoms with Gasteiger partial charge in [-0.05, 0) is 55.7 Å². The van der Waals surface area contributed by atoms with Crippen LogP contribution in [0.1, 0.15) is 40.0 Å². The third-order valence-electron chi connectivity index (χ3n) is 5.32. The van der Waals surface area contributed by atoms with Crippen molar-refractivity contribution in [3.05, 3.63) is 59.2 Å². The average molecular weight is 417 g/mol. The molecule has 0 bridgehead atoms. The molecule has 1 aliphatic rings. The molecule has 2 aromatic carbocycles. The monoisotopic (exact) mass is 417 g/mol. The Morgan fingerprint density at radius 1 is 1.03 bits per heavy atom. The van der Waals surface area contributed by atoms with Gasteiger partial charge in [-0.15, -0.1) is 0 Å². The van der Waals surface area contributed by atoms with Crippen LogP contribution in [0.15, 0.2) is 36.4 Å². The van der Waals surface area contributed by atoms with E-state index in [1.54, 1.807) is 0 Å². The fraction of sp³-hybridized carbons (Fsp3) is 0.286. The number of aliphatic carboxylic acids is 1. The molecule has 1 aliphatic carbocycles. The van der Waals surface area contributed by atoms with Crippen molar-refractivity contribution in [3.63, 3.8) is 0 Å². The summed E-state index contributed by atoms with van der Waals surface area (Å²) in [5.74, 6) is -3.98. The Morgan fingerprint density at radius 2 is 1.67 bits per heavy atom. The second-order valence-electron chi connectivity index (χ2n) is 7.17. The third kappa shape index (κ3) is 3.83. The smallest absolute Gasteiger partial charge is 0.329 e. The SMILES string of the molecule is CNC(=O)c1ccc(N(C)C(=O)c2ccc(NC3(C(=O)O)CCC3)cc2F)cc1F. The van der Waals surface area contributed by atoms with Gasteiger partial charge in [0.1, 0.15) is 17.2 Å². The maximum Gasteiger partial charge on any atom is 0.329 e. The van der Waals surface area contributed by atoms with Crippen LogP contribution >= 0.6 is 0 Å². The highest BCUT2D eigenvalue weighted by molar-refractivity contribution is 6.06. The lowest BCUT2D eigenvalue weighted by Gasteiger charge is -2.39. The van der Waals surface area contributed by atoms with Crippen molar-refractivity contribution < 1.29 is 28.3 Å². The molecule has 3 rings (SSSR count). The Balaban J connectivity index is 1.80. The highest BCUT2D eigenvalue weighted by Crippen LogP contribution is 2.36. The number of nitrogens with zero attached hydrogens (tertiary/aromatic N) is 1. The van der Waals surface area contributed by atoms with E-state index >= 15 is 0 Å². The van der Waals surface area contributed by atoms with Gasteiger partial charge in [0.2, 0.25) is 0 Å². The number of nitrogens with one attached hydrogen (secondary N) is 2. The molecule has 0 radical (unpaired) electrons. The largest absolute Gasteiger partial charge is 0.480 e. The maximum atomic E-state index is 14.6. The molecular formula is C21H21F2N3O4. The Morgan fingerprint density at radius 3 is 2.17 bits per heavy atom. The lowest BCUT2D eigenvalue weighted by Crippen LogP contribution is -2.52. The molecule has 0 spiro atoms. The Bertz CT molecular complexity index is 1020. The summed E-state index contributed by atoms with van der Waals surface area (Å²) in [5.41, 5.74) is -1.14. The second-order valence-corrected chi connectivity index (χ2v) is 7.17. The summed E-state index contributed by atoms with van der Waals surface area (Å²) in [6.07, 6.45) is 1.63. The molecule has 0 aliphatic heterocycles. The van der Waals surface area contributed by atoms with E-state index in [2.05, 4.69) is 10.6 Å². The molecule has 0 unspecified atom stereocenters. The van der Waals surface area contributed by atoms with E-state index in [1.807, 2.05) is 0 Å². The van der Waals surface area contributed by atoms with E-state index in [-0.39, 0.29) is 22.5 Å². The van der Waals surface area contributed by atoms with E-state index in [4.69, 9.17) is 0 Å². The molecule has 3 N–H and O–H groups in total.